The van der Waals surface area contributed by atoms with Gasteiger partial charge in [-0.1, -0.05) is 42.8 Å². The van der Waals surface area contributed by atoms with E-state index in [4.69, 9.17) is 0 Å². The van der Waals surface area contributed by atoms with Crippen LogP contribution in [-0.4, -0.2) is 0 Å². The number of hydrogen-bond acceptors (Lipinski definition) is 0. The summed E-state index contributed by atoms with van der Waals surface area (Å²) in [6, 6.07) is 19.6. The van der Waals surface area contributed by atoms with Gasteiger partial charge in [0.25, 0.3) is 0 Å². The van der Waals surface area contributed by atoms with E-state index in [9.17, 15) is 0 Å². The molecule has 0 spiro atoms. The van der Waals surface area contributed by atoms with Crippen LogP contribution < -0.4 is 0 Å². The molecule has 18 heavy (non-hydrogen) atoms. The van der Waals surface area contributed by atoms with E-state index in [0.29, 0.717) is 0 Å². The normalized spacial score (nSPS) is 10.3. The summed E-state index contributed by atoms with van der Waals surface area (Å²) in [7, 11) is 0. The van der Waals surface area contributed by atoms with Gasteiger partial charge in [-0.3, -0.25) is 0 Å². The maximum absolute atomic E-state index is 2.27. The minimum atomic E-state index is 0. The predicted molar refractivity (Wildman–Crippen MR) is 74.5 cm³/mol. The zero-order chi connectivity index (χ0) is 11.8. The van der Waals surface area contributed by atoms with E-state index in [0.717, 1.165) is 0 Å². The summed E-state index contributed by atoms with van der Waals surface area (Å²) >= 11 is 0. The Hall–Kier alpha value is -1.07. The second-order valence-corrected chi connectivity index (χ2v) is 4.66. The molecule has 0 aromatic heterocycles. The van der Waals surface area contributed by atoms with Gasteiger partial charge in [0.15, 0.2) is 0 Å². The SMILES string of the molecule is Cc1cc2c(-c3ccccc3C)cccc2[cH-]1.[Zr]. The Balaban J connectivity index is 0.00000120. The first-order valence-electron chi connectivity index (χ1n) is 5.98. The number of benzene rings is 2. The molecular weight excluding hydrogens is 295 g/mol. The Bertz CT molecular complexity index is 677. The first-order valence-corrected chi connectivity index (χ1v) is 5.98. The van der Waals surface area contributed by atoms with Gasteiger partial charge >= 0.3 is 0 Å². The molecule has 0 unspecified atom stereocenters. The Labute approximate surface area is 127 Å². The maximum atomic E-state index is 2.27. The third-order valence-corrected chi connectivity index (χ3v) is 3.33. The van der Waals surface area contributed by atoms with E-state index in [2.05, 4.69) is 68.4 Å². The van der Waals surface area contributed by atoms with Crippen molar-refractivity contribution in [1.82, 2.24) is 0 Å². The van der Waals surface area contributed by atoms with Gasteiger partial charge in [0.1, 0.15) is 0 Å². The summed E-state index contributed by atoms with van der Waals surface area (Å²) in [6.45, 7) is 4.32. The van der Waals surface area contributed by atoms with E-state index < -0.39 is 0 Å². The van der Waals surface area contributed by atoms with Crippen molar-refractivity contribution in [2.24, 2.45) is 0 Å². The number of fused-ring (bicyclic) bond motifs is 1. The third-order valence-electron chi connectivity index (χ3n) is 3.33. The molecule has 0 saturated heterocycles. The first-order chi connectivity index (χ1) is 8.25. The van der Waals surface area contributed by atoms with Gasteiger partial charge in [0, 0.05) is 26.2 Å². The van der Waals surface area contributed by atoms with E-state index in [-0.39, 0.29) is 26.2 Å². The molecule has 3 aromatic rings. The van der Waals surface area contributed by atoms with Crippen molar-refractivity contribution in [3.05, 3.63) is 65.7 Å². The molecule has 88 valence electrons. The summed E-state index contributed by atoms with van der Waals surface area (Å²) in [4.78, 5) is 0. The molecular formula is C17H15Zr-. The van der Waals surface area contributed by atoms with Gasteiger partial charge in [-0.2, -0.15) is 6.07 Å². The molecule has 0 aliphatic rings. The fourth-order valence-corrected chi connectivity index (χ4v) is 2.49. The zero-order valence-electron chi connectivity index (χ0n) is 10.7. The summed E-state index contributed by atoms with van der Waals surface area (Å²) < 4.78 is 0. The maximum Gasteiger partial charge on any atom is 0 e. The molecule has 0 radical (unpaired) electrons. The Morgan fingerprint density at radius 2 is 1.56 bits per heavy atom. The average molecular weight is 311 g/mol. The molecule has 3 aromatic carbocycles. The molecule has 0 N–H and O–H groups in total. The summed E-state index contributed by atoms with van der Waals surface area (Å²) in [5.74, 6) is 0. The quantitative estimate of drug-likeness (QED) is 0.564. The van der Waals surface area contributed by atoms with Crippen LogP contribution in [0.15, 0.2) is 54.6 Å². The monoisotopic (exact) mass is 309 g/mol. The van der Waals surface area contributed by atoms with Gasteiger partial charge in [0.2, 0.25) is 0 Å². The van der Waals surface area contributed by atoms with Crippen LogP contribution in [0.1, 0.15) is 11.1 Å². The molecule has 0 atom stereocenters. The van der Waals surface area contributed by atoms with E-state index in [1.54, 1.807) is 0 Å². The molecule has 0 fully saturated rings. The van der Waals surface area contributed by atoms with Crippen LogP contribution >= 0.6 is 0 Å². The van der Waals surface area contributed by atoms with E-state index >= 15 is 0 Å². The van der Waals surface area contributed by atoms with Crippen molar-refractivity contribution in [3.8, 4) is 11.1 Å². The van der Waals surface area contributed by atoms with Crippen molar-refractivity contribution >= 4 is 10.8 Å². The molecule has 0 bridgehead atoms. The summed E-state index contributed by atoms with van der Waals surface area (Å²) in [6.07, 6.45) is 0. The molecule has 0 aliphatic carbocycles. The molecule has 0 aliphatic heterocycles. The van der Waals surface area contributed by atoms with Crippen molar-refractivity contribution in [2.75, 3.05) is 0 Å². The standard InChI is InChI=1S/C17H15.Zr/c1-12-10-14-7-5-9-16(17(14)11-12)15-8-4-3-6-13(15)2;/h3-11H,1-2H3;/q-1;. The van der Waals surface area contributed by atoms with Crippen LogP contribution in [0.2, 0.25) is 0 Å². The second-order valence-electron chi connectivity index (χ2n) is 4.66. The van der Waals surface area contributed by atoms with E-state index in [1.165, 1.54) is 33.0 Å². The van der Waals surface area contributed by atoms with E-state index in [1.807, 2.05) is 0 Å². The van der Waals surface area contributed by atoms with Gasteiger partial charge in [-0.15, -0.1) is 34.5 Å². The van der Waals surface area contributed by atoms with Crippen LogP contribution in [0.4, 0.5) is 0 Å². The molecule has 0 nitrogen and oxygen atoms in total. The van der Waals surface area contributed by atoms with Crippen LogP contribution in [-0.2, 0) is 26.2 Å². The van der Waals surface area contributed by atoms with Crippen LogP contribution in [0.5, 0.6) is 0 Å². The molecule has 0 amide bonds. The smallest absolute Gasteiger partial charge is 0 e. The predicted octanol–water partition coefficient (Wildman–Crippen LogP) is 4.84. The van der Waals surface area contributed by atoms with Crippen molar-refractivity contribution in [2.45, 2.75) is 13.8 Å². The van der Waals surface area contributed by atoms with Crippen molar-refractivity contribution < 1.29 is 26.2 Å². The fourth-order valence-electron chi connectivity index (χ4n) is 2.49. The van der Waals surface area contributed by atoms with Crippen molar-refractivity contribution in [3.63, 3.8) is 0 Å². The largest absolute Gasteiger partial charge is 0.165 e. The minimum Gasteiger partial charge on any atom is -0.165 e. The Kier molecular flexibility index (Phi) is 3.92. The zero-order valence-corrected chi connectivity index (χ0v) is 13.2. The fraction of sp³-hybridized carbons (Fsp3) is 0.118. The van der Waals surface area contributed by atoms with Crippen LogP contribution in [0.25, 0.3) is 21.9 Å². The van der Waals surface area contributed by atoms with Crippen LogP contribution in [0, 0.1) is 13.8 Å². The Morgan fingerprint density at radius 3 is 2.33 bits per heavy atom. The van der Waals surface area contributed by atoms with Gasteiger partial charge in [-0.25, -0.2) is 0 Å². The number of hydrogen-bond donors (Lipinski definition) is 0. The van der Waals surface area contributed by atoms with Gasteiger partial charge in [0.05, 0.1) is 0 Å². The number of aryl methyl sites for hydroxylation is 2. The Morgan fingerprint density at radius 1 is 0.833 bits per heavy atom. The molecule has 3 rings (SSSR count). The summed E-state index contributed by atoms with van der Waals surface area (Å²) in [5, 5.41) is 2.70. The van der Waals surface area contributed by atoms with Gasteiger partial charge in [-0.05, 0) is 18.1 Å². The summed E-state index contributed by atoms with van der Waals surface area (Å²) in [5.41, 5.74) is 5.34. The first kappa shape index (κ1) is 13.4. The topological polar surface area (TPSA) is 0 Å². The molecule has 1 heteroatoms. The van der Waals surface area contributed by atoms with Gasteiger partial charge < -0.3 is 0 Å². The minimum absolute atomic E-state index is 0. The van der Waals surface area contributed by atoms with Crippen molar-refractivity contribution in [1.29, 1.82) is 0 Å². The third kappa shape index (κ3) is 2.25. The molecule has 0 saturated carbocycles. The number of rotatable bonds is 1. The van der Waals surface area contributed by atoms with Crippen LogP contribution in [0.3, 0.4) is 0 Å². The second kappa shape index (κ2) is 5.28. The average Bonchev–Trinajstić information content (AvgIpc) is 2.70. The molecule has 0 heterocycles.